The summed E-state index contributed by atoms with van der Waals surface area (Å²) in [5, 5.41) is 19.8. The molecule has 1 saturated heterocycles. The molecule has 1 aromatic rings. The molecule has 0 amide bonds. The van der Waals surface area contributed by atoms with Gasteiger partial charge in [0.1, 0.15) is 30.9 Å². The summed E-state index contributed by atoms with van der Waals surface area (Å²) < 4.78 is 34.0. The van der Waals surface area contributed by atoms with Crippen molar-refractivity contribution in [2.45, 2.75) is 136 Å². The minimum atomic E-state index is -4.84. The number of rotatable bonds is 24. The average molecular weight is 707 g/mol. The smallest absolute Gasteiger partial charge is 0.351 e. The van der Waals surface area contributed by atoms with Crippen molar-refractivity contribution < 1.29 is 47.5 Å². The molecule has 14 nitrogen and oxygen atoms in total. The van der Waals surface area contributed by atoms with E-state index in [1.165, 1.54) is 94.3 Å². The van der Waals surface area contributed by atoms with Gasteiger partial charge >= 0.3 is 11.7 Å². The molecule has 0 spiro atoms. The number of hydrogen-bond donors (Lipinski definition) is 3. The van der Waals surface area contributed by atoms with Gasteiger partial charge in [0.15, 0.2) is 0 Å². The van der Waals surface area contributed by atoms with Crippen molar-refractivity contribution >= 4 is 19.6 Å². The van der Waals surface area contributed by atoms with Crippen molar-refractivity contribution in [1.29, 1.82) is 0 Å². The third-order valence-electron chi connectivity index (χ3n) is 8.30. The molecule has 2 heterocycles. The van der Waals surface area contributed by atoms with E-state index in [9.17, 15) is 29.3 Å². The van der Waals surface area contributed by atoms with Crippen molar-refractivity contribution in [2.24, 2.45) is 0 Å². The van der Waals surface area contributed by atoms with Gasteiger partial charge in [-0.15, -0.1) is 0 Å². The Labute approximate surface area is 287 Å². The number of hydrogen-bond acceptors (Lipinski definition) is 12. The zero-order valence-corrected chi connectivity index (χ0v) is 30.8. The minimum Gasteiger partial charge on any atom is -0.756 e. The molecular weight excluding hydrogens is 643 g/mol. The Morgan fingerprint density at radius 3 is 2.06 bits per heavy atom. The van der Waals surface area contributed by atoms with Crippen molar-refractivity contribution in [1.82, 2.24) is 9.55 Å². The van der Waals surface area contributed by atoms with Crippen LogP contribution in [0.15, 0.2) is 17.1 Å². The number of phosphoric ester groups is 1. The molecule has 48 heavy (non-hydrogen) atoms. The summed E-state index contributed by atoms with van der Waals surface area (Å²) in [6, 6.07) is 1.38. The SMILES string of the molecule is CCCCC(=O)OC[C@@H](O)COP(=O)([O-])OC[C@H]1O[C@@H](n2ccc(N)nc2=O)C[C@@H]1O.CCCC[N+](CCCC)(CCCC)CCCC. The normalized spacial score (nSPS) is 19.7. The van der Waals surface area contributed by atoms with E-state index < -0.39 is 63.8 Å². The van der Waals surface area contributed by atoms with Crippen LogP contribution in [0.4, 0.5) is 5.82 Å². The lowest BCUT2D eigenvalue weighted by molar-refractivity contribution is -0.929. The molecule has 1 aromatic heterocycles. The van der Waals surface area contributed by atoms with Gasteiger partial charge in [-0.3, -0.25) is 13.9 Å². The van der Waals surface area contributed by atoms with Crippen LogP contribution in [-0.4, -0.2) is 94.5 Å². The van der Waals surface area contributed by atoms with Crippen LogP contribution < -0.4 is 16.3 Å². The first-order chi connectivity index (χ1) is 22.9. The molecular formula is C33H63N4O10P. The van der Waals surface area contributed by atoms with Gasteiger partial charge in [-0.05, 0) is 38.2 Å². The van der Waals surface area contributed by atoms with Gasteiger partial charge in [0.2, 0.25) is 0 Å². The second-order valence-corrected chi connectivity index (χ2v) is 14.0. The molecule has 2 rings (SSSR count). The highest BCUT2D eigenvalue weighted by molar-refractivity contribution is 7.45. The quantitative estimate of drug-likeness (QED) is 0.0793. The van der Waals surface area contributed by atoms with E-state index in [1.54, 1.807) is 0 Å². The van der Waals surface area contributed by atoms with E-state index in [0.717, 1.165) is 11.0 Å². The molecule has 1 fully saturated rings. The Bertz CT molecular complexity index is 1090. The Balaban J connectivity index is 0.000000576. The third kappa shape index (κ3) is 17.7. The number of esters is 1. The zero-order chi connectivity index (χ0) is 36.0. The van der Waals surface area contributed by atoms with E-state index >= 15 is 0 Å². The average Bonchev–Trinajstić information content (AvgIpc) is 3.43. The van der Waals surface area contributed by atoms with Crippen LogP contribution in [0.5, 0.6) is 0 Å². The molecule has 1 aliphatic rings. The molecule has 0 saturated carbocycles. The first-order valence-corrected chi connectivity index (χ1v) is 19.3. The summed E-state index contributed by atoms with van der Waals surface area (Å²) in [5.74, 6) is -0.471. The number of aromatic nitrogens is 2. The van der Waals surface area contributed by atoms with Gasteiger partial charge in [0.25, 0.3) is 7.82 Å². The van der Waals surface area contributed by atoms with E-state index in [0.29, 0.717) is 6.42 Å². The molecule has 0 bridgehead atoms. The molecule has 5 atom stereocenters. The van der Waals surface area contributed by atoms with Crippen LogP contribution in [0.25, 0.3) is 0 Å². The topological polar surface area (TPSA) is 195 Å². The van der Waals surface area contributed by atoms with E-state index in [-0.39, 0.29) is 18.7 Å². The standard InChI is InChI=1S/C17H28N3O10P.C16H36N/c1-2-3-4-16(23)27-8-11(21)9-28-31(25,26)29-10-13-12(22)7-15(30-13)20-6-5-14(18)19-17(20)24;1-5-9-13-17(14-10-6-2,15-11-7-3)16-12-8-4/h5-6,11-13,15,21-22H,2-4,7-10H2,1H3,(H,25,26)(H2,18,19,24);5-16H2,1-4H3/q;+1/p-1/t11-,12+,13-,15-;/m1./s1. The summed E-state index contributed by atoms with van der Waals surface area (Å²) in [4.78, 5) is 38.7. The molecule has 280 valence electrons. The molecule has 1 unspecified atom stereocenters. The first kappa shape index (κ1) is 44.1. The van der Waals surface area contributed by atoms with Gasteiger partial charge in [-0.25, -0.2) is 4.79 Å². The van der Waals surface area contributed by atoms with Crippen molar-refractivity contribution in [3.63, 3.8) is 0 Å². The lowest BCUT2D eigenvalue weighted by Gasteiger charge is -2.39. The van der Waals surface area contributed by atoms with E-state index in [1.807, 2.05) is 6.92 Å². The largest absolute Gasteiger partial charge is 0.756 e. The van der Waals surface area contributed by atoms with Crippen LogP contribution in [0, 0.1) is 0 Å². The lowest BCUT2D eigenvalue weighted by atomic mass is 10.1. The number of aliphatic hydroxyl groups is 2. The molecule has 0 radical (unpaired) electrons. The highest BCUT2D eigenvalue weighted by atomic mass is 31.2. The molecule has 0 aromatic carbocycles. The fourth-order valence-corrected chi connectivity index (χ4v) is 6.09. The maximum Gasteiger partial charge on any atom is 0.351 e. The van der Waals surface area contributed by atoms with Gasteiger partial charge < -0.3 is 43.8 Å². The van der Waals surface area contributed by atoms with Crippen molar-refractivity contribution in [3.8, 4) is 0 Å². The molecule has 4 N–H and O–H groups in total. The zero-order valence-electron chi connectivity index (χ0n) is 29.9. The maximum absolute atomic E-state index is 11.9. The summed E-state index contributed by atoms with van der Waals surface area (Å²) in [6.45, 7) is 15.3. The van der Waals surface area contributed by atoms with Gasteiger partial charge in [-0.2, -0.15) is 4.98 Å². The Hall–Kier alpha value is -1.90. The number of ether oxygens (including phenoxy) is 2. The second kappa shape index (κ2) is 24.3. The molecule has 0 aliphatic carbocycles. The van der Waals surface area contributed by atoms with E-state index in [4.69, 9.17) is 19.7 Å². The van der Waals surface area contributed by atoms with Crippen LogP contribution >= 0.6 is 7.82 Å². The first-order valence-electron chi connectivity index (χ1n) is 17.8. The van der Waals surface area contributed by atoms with Crippen molar-refractivity contribution in [3.05, 3.63) is 22.7 Å². The number of nitrogens with two attached hydrogens (primary N) is 1. The highest BCUT2D eigenvalue weighted by Crippen LogP contribution is 2.40. The number of quaternary nitrogens is 1. The van der Waals surface area contributed by atoms with Crippen LogP contribution in [0.1, 0.15) is 118 Å². The van der Waals surface area contributed by atoms with E-state index in [2.05, 4.69) is 37.2 Å². The second-order valence-electron chi connectivity index (χ2n) is 12.6. The monoisotopic (exact) mass is 706 g/mol. The summed E-state index contributed by atoms with van der Waals surface area (Å²) >= 11 is 0. The summed E-state index contributed by atoms with van der Waals surface area (Å²) in [7, 11) is -4.84. The summed E-state index contributed by atoms with van der Waals surface area (Å²) in [5.41, 5.74) is 4.74. The number of carbonyl (C=O) groups is 1. The Morgan fingerprint density at radius 2 is 1.56 bits per heavy atom. The van der Waals surface area contributed by atoms with Gasteiger partial charge in [-0.1, -0.05) is 66.7 Å². The Kier molecular flexibility index (Phi) is 22.3. The van der Waals surface area contributed by atoms with Crippen molar-refractivity contribution in [2.75, 3.05) is 51.7 Å². The maximum atomic E-state index is 11.9. The number of aliphatic hydroxyl groups excluding tert-OH is 2. The van der Waals surface area contributed by atoms with Crippen LogP contribution in [0.2, 0.25) is 0 Å². The van der Waals surface area contributed by atoms with Gasteiger partial charge in [0.05, 0.1) is 45.5 Å². The number of carbonyl (C=O) groups excluding carboxylic acids is 1. The third-order valence-corrected chi connectivity index (χ3v) is 9.23. The van der Waals surface area contributed by atoms with Crippen LogP contribution in [-0.2, 0) is 27.9 Å². The lowest BCUT2D eigenvalue weighted by Crippen LogP contribution is -2.50. The Morgan fingerprint density at radius 1 is 1.02 bits per heavy atom. The summed E-state index contributed by atoms with van der Waals surface area (Å²) in [6.07, 6.45) is 9.68. The molecule has 1 aliphatic heterocycles. The minimum absolute atomic E-state index is 0.00562. The molecule has 15 heteroatoms. The van der Waals surface area contributed by atoms with Gasteiger partial charge in [0, 0.05) is 19.0 Å². The fourth-order valence-electron chi connectivity index (χ4n) is 5.34. The number of phosphoric acid groups is 1. The fraction of sp³-hybridized carbons (Fsp3) is 0.848. The number of nitrogens with zero attached hydrogens (tertiary/aromatic N) is 3. The number of nitrogen functional groups attached to an aromatic ring is 1. The predicted octanol–water partition coefficient (Wildman–Crippen LogP) is 4.07. The van der Waals surface area contributed by atoms with Crippen LogP contribution in [0.3, 0.4) is 0 Å². The number of anilines is 1. The number of unbranched alkanes of at least 4 members (excludes halogenated alkanes) is 5. The predicted molar refractivity (Wildman–Crippen MR) is 183 cm³/mol. The highest BCUT2D eigenvalue weighted by Gasteiger charge is 2.36.